The number of hydrogen-bond donors (Lipinski definition) is 1. The molecule has 0 bridgehead atoms. The molecule has 0 fully saturated rings. The molecule has 0 aliphatic rings. The van der Waals surface area contributed by atoms with Crippen molar-refractivity contribution in [2.45, 2.75) is 12.5 Å². The van der Waals surface area contributed by atoms with Gasteiger partial charge in [0.25, 0.3) is 0 Å². The molecule has 0 amide bonds. The number of benzene rings is 1. The van der Waals surface area contributed by atoms with Crippen LogP contribution in [0.15, 0.2) is 29.6 Å². The van der Waals surface area contributed by atoms with Crippen LogP contribution in [0.5, 0.6) is 5.75 Å². The maximum absolute atomic E-state index is 13.8. The molecule has 102 valence electrons. The lowest BCUT2D eigenvalue weighted by atomic mass is 10.0. The van der Waals surface area contributed by atoms with Crippen LogP contribution in [0.1, 0.15) is 16.5 Å². The SMILES string of the molecule is CNC(Cc1ccc(Cl)cc1F)c1cc(OC)cs1. The van der Waals surface area contributed by atoms with E-state index in [1.807, 2.05) is 18.5 Å². The van der Waals surface area contributed by atoms with Crippen LogP contribution >= 0.6 is 22.9 Å². The molecule has 2 aromatic rings. The fraction of sp³-hybridized carbons (Fsp3) is 0.286. The minimum Gasteiger partial charge on any atom is -0.496 e. The highest BCUT2D eigenvalue weighted by Crippen LogP contribution is 2.29. The van der Waals surface area contributed by atoms with Gasteiger partial charge in [-0.1, -0.05) is 17.7 Å². The molecule has 1 aromatic carbocycles. The Morgan fingerprint density at radius 1 is 1.42 bits per heavy atom. The van der Waals surface area contributed by atoms with Gasteiger partial charge in [-0.05, 0) is 37.2 Å². The Kier molecular flexibility index (Phi) is 4.80. The van der Waals surface area contributed by atoms with Gasteiger partial charge in [0.1, 0.15) is 11.6 Å². The van der Waals surface area contributed by atoms with Crippen molar-refractivity contribution in [1.29, 1.82) is 0 Å². The molecular weight excluding hydrogens is 285 g/mol. The minimum absolute atomic E-state index is 0.0598. The number of ether oxygens (including phenoxy) is 1. The van der Waals surface area contributed by atoms with E-state index in [0.29, 0.717) is 17.0 Å². The van der Waals surface area contributed by atoms with Gasteiger partial charge in [0.05, 0.1) is 7.11 Å². The second-order valence-corrected chi connectivity index (χ2v) is 5.55. The summed E-state index contributed by atoms with van der Waals surface area (Å²) in [5, 5.41) is 5.56. The largest absolute Gasteiger partial charge is 0.496 e. The lowest BCUT2D eigenvalue weighted by Crippen LogP contribution is -2.18. The first kappa shape index (κ1) is 14.3. The van der Waals surface area contributed by atoms with E-state index in [1.165, 1.54) is 6.07 Å². The predicted octanol–water partition coefficient (Wildman–Crippen LogP) is 4.05. The number of methoxy groups -OCH3 is 1. The highest BCUT2D eigenvalue weighted by molar-refractivity contribution is 7.10. The topological polar surface area (TPSA) is 21.3 Å². The molecule has 2 nitrogen and oxygen atoms in total. The lowest BCUT2D eigenvalue weighted by molar-refractivity contribution is 0.416. The van der Waals surface area contributed by atoms with Crippen LogP contribution in [0, 0.1) is 5.82 Å². The normalized spacial score (nSPS) is 12.4. The number of nitrogens with one attached hydrogen (secondary N) is 1. The van der Waals surface area contributed by atoms with Gasteiger partial charge in [0, 0.05) is 21.3 Å². The van der Waals surface area contributed by atoms with Crippen LogP contribution in [-0.2, 0) is 6.42 Å². The van der Waals surface area contributed by atoms with Crippen LogP contribution in [0.2, 0.25) is 5.02 Å². The monoisotopic (exact) mass is 299 g/mol. The van der Waals surface area contributed by atoms with Crippen molar-refractivity contribution in [3.8, 4) is 5.75 Å². The molecule has 0 aliphatic carbocycles. The first-order chi connectivity index (χ1) is 9.13. The van der Waals surface area contributed by atoms with Crippen LogP contribution in [0.25, 0.3) is 0 Å². The summed E-state index contributed by atoms with van der Waals surface area (Å²) in [4.78, 5) is 1.12. The lowest BCUT2D eigenvalue weighted by Gasteiger charge is -2.15. The molecule has 5 heteroatoms. The van der Waals surface area contributed by atoms with E-state index in [4.69, 9.17) is 16.3 Å². The summed E-state index contributed by atoms with van der Waals surface area (Å²) in [7, 11) is 3.50. The molecule has 1 atom stereocenters. The Balaban J connectivity index is 2.18. The summed E-state index contributed by atoms with van der Waals surface area (Å²) in [6.07, 6.45) is 0.573. The van der Waals surface area contributed by atoms with E-state index in [-0.39, 0.29) is 11.9 Å². The molecule has 0 aliphatic heterocycles. The Morgan fingerprint density at radius 3 is 2.79 bits per heavy atom. The average Bonchev–Trinajstić information content (AvgIpc) is 2.86. The summed E-state index contributed by atoms with van der Waals surface area (Å²) in [6.45, 7) is 0. The van der Waals surface area contributed by atoms with E-state index in [9.17, 15) is 4.39 Å². The van der Waals surface area contributed by atoms with Crippen molar-refractivity contribution in [2.24, 2.45) is 0 Å². The van der Waals surface area contributed by atoms with Gasteiger partial charge in [-0.25, -0.2) is 4.39 Å². The third kappa shape index (κ3) is 3.47. The van der Waals surface area contributed by atoms with E-state index in [1.54, 1.807) is 30.6 Å². The second kappa shape index (κ2) is 6.37. The molecular formula is C14H15ClFNOS. The average molecular weight is 300 g/mol. The van der Waals surface area contributed by atoms with Crippen LogP contribution in [-0.4, -0.2) is 14.2 Å². The second-order valence-electron chi connectivity index (χ2n) is 4.17. The van der Waals surface area contributed by atoms with Crippen molar-refractivity contribution in [2.75, 3.05) is 14.2 Å². The molecule has 0 saturated heterocycles. The highest BCUT2D eigenvalue weighted by Gasteiger charge is 2.15. The van der Waals surface area contributed by atoms with Gasteiger partial charge in [0.2, 0.25) is 0 Å². The van der Waals surface area contributed by atoms with Gasteiger partial charge >= 0.3 is 0 Å². The van der Waals surface area contributed by atoms with E-state index in [0.717, 1.165) is 10.6 Å². The Morgan fingerprint density at radius 2 is 2.21 bits per heavy atom. The standard InChI is InChI=1S/C14H15ClFNOS/c1-17-13(14-7-11(18-2)8-19-14)5-9-3-4-10(15)6-12(9)16/h3-4,6-8,13,17H,5H2,1-2H3. The number of halogens is 2. The highest BCUT2D eigenvalue weighted by atomic mass is 35.5. The molecule has 0 saturated carbocycles. The molecule has 2 rings (SSSR count). The quantitative estimate of drug-likeness (QED) is 0.899. The smallest absolute Gasteiger partial charge is 0.129 e. The summed E-state index contributed by atoms with van der Waals surface area (Å²) in [6, 6.07) is 6.82. The zero-order valence-corrected chi connectivity index (χ0v) is 12.3. The number of rotatable bonds is 5. The van der Waals surface area contributed by atoms with E-state index >= 15 is 0 Å². The fourth-order valence-electron chi connectivity index (χ4n) is 1.88. The van der Waals surface area contributed by atoms with Gasteiger partial charge < -0.3 is 10.1 Å². The Hall–Kier alpha value is -1.10. The van der Waals surface area contributed by atoms with Crippen molar-refractivity contribution in [3.63, 3.8) is 0 Å². The number of thiophene rings is 1. The predicted molar refractivity (Wildman–Crippen MR) is 77.8 cm³/mol. The molecule has 1 heterocycles. The summed E-state index contributed by atoms with van der Waals surface area (Å²) < 4.78 is 19.0. The molecule has 1 N–H and O–H groups in total. The molecule has 19 heavy (non-hydrogen) atoms. The zero-order valence-electron chi connectivity index (χ0n) is 10.7. The van der Waals surface area contributed by atoms with Crippen LogP contribution < -0.4 is 10.1 Å². The Bertz CT molecular complexity index is 558. The van der Waals surface area contributed by atoms with E-state index in [2.05, 4.69) is 5.32 Å². The number of likely N-dealkylation sites (N-methyl/N-ethyl adjacent to an activating group) is 1. The maximum Gasteiger partial charge on any atom is 0.129 e. The maximum atomic E-state index is 13.8. The van der Waals surface area contributed by atoms with Crippen molar-refractivity contribution in [1.82, 2.24) is 5.32 Å². The molecule has 0 radical (unpaired) electrons. The van der Waals surface area contributed by atoms with Gasteiger partial charge in [-0.3, -0.25) is 0 Å². The first-order valence-corrected chi connectivity index (χ1v) is 7.13. The first-order valence-electron chi connectivity index (χ1n) is 5.87. The zero-order chi connectivity index (χ0) is 13.8. The summed E-state index contributed by atoms with van der Waals surface area (Å²) in [5.74, 6) is 0.563. The third-order valence-electron chi connectivity index (χ3n) is 2.96. The van der Waals surface area contributed by atoms with Crippen molar-refractivity contribution >= 4 is 22.9 Å². The molecule has 1 aromatic heterocycles. The molecule has 0 spiro atoms. The van der Waals surface area contributed by atoms with Gasteiger partial charge in [-0.2, -0.15) is 0 Å². The van der Waals surface area contributed by atoms with Crippen LogP contribution in [0.4, 0.5) is 4.39 Å². The van der Waals surface area contributed by atoms with Gasteiger partial charge in [-0.15, -0.1) is 11.3 Å². The molecule has 1 unspecified atom stereocenters. The number of hydrogen-bond acceptors (Lipinski definition) is 3. The van der Waals surface area contributed by atoms with Gasteiger partial charge in [0.15, 0.2) is 0 Å². The third-order valence-corrected chi connectivity index (χ3v) is 4.22. The van der Waals surface area contributed by atoms with Crippen LogP contribution in [0.3, 0.4) is 0 Å². The van der Waals surface area contributed by atoms with Crippen molar-refractivity contribution < 1.29 is 9.13 Å². The van der Waals surface area contributed by atoms with E-state index < -0.39 is 0 Å². The summed E-state index contributed by atoms with van der Waals surface area (Å²) in [5.41, 5.74) is 0.649. The summed E-state index contributed by atoms with van der Waals surface area (Å²) >= 11 is 7.36. The Labute approximate surface area is 121 Å². The fourth-order valence-corrected chi connectivity index (χ4v) is 3.00. The minimum atomic E-state index is -0.267. The van der Waals surface area contributed by atoms with Crippen molar-refractivity contribution in [3.05, 3.63) is 50.9 Å².